The van der Waals surface area contributed by atoms with Gasteiger partial charge in [0, 0.05) is 11.4 Å². The summed E-state index contributed by atoms with van der Waals surface area (Å²) < 4.78 is 0. The highest BCUT2D eigenvalue weighted by Crippen LogP contribution is 2.43. The highest BCUT2D eigenvalue weighted by atomic mass is 35.5. The molecule has 29 heavy (non-hydrogen) atoms. The van der Waals surface area contributed by atoms with Gasteiger partial charge in [0.1, 0.15) is 17.9 Å². The lowest BCUT2D eigenvalue weighted by Gasteiger charge is -2.31. The van der Waals surface area contributed by atoms with Crippen LogP contribution in [0.1, 0.15) is 20.3 Å². The maximum Gasteiger partial charge on any atom is 0.328 e. The van der Waals surface area contributed by atoms with Crippen molar-refractivity contribution in [1.82, 2.24) is 10.6 Å². The molecule has 0 aliphatic carbocycles. The lowest BCUT2D eigenvalue weighted by molar-refractivity contribution is -0.714. The van der Waals surface area contributed by atoms with Gasteiger partial charge in [0.05, 0.1) is 5.69 Å². The van der Waals surface area contributed by atoms with Crippen LogP contribution in [0.3, 0.4) is 0 Å². The topological polar surface area (TPSA) is 129 Å². The van der Waals surface area contributed by atoms with Gasteiger partial charge < -0.3 is 5.32 Å². The molecule has 3 fully saturated rings. The van der Waals surface area contributed by atoms with E-state index in [-0.39, 0.29) is 5.92 Å². The number of halogens is 1. The number of nitrogens with zero attached hydrogens (tertiary/aromatic N) is 1. The van der Waals surface area contributed by atoms with E-state index in [1.165, 1.54) is 17.4 Å². The van der Waals surface area contributed by atoms with E-state index in [0.29, 0.717) is 17.1 Å². The molecule has 152 valence electrons. The Hall–Kier alpha value is -2.78. The monoisotopic (exact) mass is 419 g/mol. The Morgan fingerprint density at radius 2 is 1.62 bits per heavy atom. The van der Waals surface area contributed by atoms with Crippen LogP contribution in [-0.4, -0.2) is 41.2 Å². The van der Waals surface area contributed by atoms with Gasteiger partial charge in [0.2, 0.25) is 11.8 Å². The number of anilines is 1. The fraction of sp³-hybridized carbons (Fsp3) is 0.421. The number of carbonyl (C=O) groups excluding carboxylic acids is 5. The number of benzene rings is 1. The second-order valence-electron chi connectivity index (χ2n) is 8.06. The van der Waals surface area contributed by atoms with Gasteiger partial charge in [-0.2, -0.15) is 0 Å². The minimum absolute atomic E-state index is 0.163. The number of fused-ring (bicyclic) bond motifs is 2. The van der Waals surface area contributed by atoms with Gasteiger partial charge >= 0.3 is 6.03 Å². The Morgan fingerprint density at radius 1 is 1.03 bits per heavy atom. The quantitative estimate of drug-likeness (QED) is 0.451. The summed E-state index contributed by atoms with van der Waals surface area (Å²) in [7, 11) is 0. The normalized spacial score (nSPS) is 28.2. The van der Waals surface area contributed by atoms with Crippen molar-refractivity contribution in [2.45, 2.75) is 31.8 Å². The lowest BCUT2D eigenvalue weighted by Crippen LogP contribution is -3.05. The standard InChI is InChI=1S/C19H19ClN4O5/c1-8(2)7-11-12-13(19(23-11)16(27)21-18(29)22-17(19)28)15(26)24(14(12)25)10-5-3-9(20)4-6-10/h3-6,8,11-13,23H,7H2,1-2H3,(H2,21,22,27,28,29)/p+1/t11-,12-,13+/m1/s1. The number of urea groups is 1. The summed E-state index contributed by atoms with van der Waals surface area (Å²) in [4.78, 5) is 64.9. The van der Waals surface area contributed by atoms with E-state index in [1.807, 2.05) is 13.8 Å². The van der Waals surface area contributed by atoms with Crippen molar-refractivity contribution in [1.29, 1.82) is 0 Å². The molecule has 3 aliphatic heterocycles. The maximum atomic E-state index is 13.4. The van der Waals surface area contributed by atoms with Gasteiger partial charge in [-0.1, -0.05) is 25.4 Å². The van der Waals surface area contributed by atoms with Crippen LogP contribution >= 0.6 is 11.6 Å². The van der Waals surface area contributed by atoms with Gasteiger partial charge in [-0.15, -0.1) is 0 Å². The van der Waals surface area contributed by atoms with Crippen LogP contribution in [0.5, 0.6) is 0 Å². The Balaban J connectivity index is 1.82. The average Bonchev–Trinajstić information content (AvgIpc) is 3.09. The first-order chi connectivity index (χ1) is 13.7. The number of carbonyl (C=O) groups is 5. The molecule has 3 saturated heterocycles. The number of nitrogens with two attached hydrogens (primary N) is 1. The molecule has 1 aromatic carbocycles. The Labute approximate surface area is 171 Å². The minimum Gasteiger partial charge on any atom is -0.322 e. The molecule has 1 spiro atoms. The maximum absolute atomic E-state index is 13.4. The molecule has 0 bridgehead atoms. The van der Waals surface area contributed by atoms with E-state index < -0.39 is 53.1 Å². The van der Waals surface area contributed by atoms with Gasteiger partial charge in [-0.05, 0) is 30.2 Å². The van der Waals surface area contributed by atoms with Crippen LogP contribution in [-0.2, 0) is 19.2 Å². The number of hydrogen-bond acceptors (Lipinski definition) is 5. The van der Waals surface area contributed by atoms with Crippen LogP contribution in [0.25, 0.3) is 0 Å². The first-order valence-corrected chi connectivity index (χ1v) is 9.71. The fourth-order valence-corrected chi connectivity index (χ4v) is 4.86. The zero-order valence-electron chi connectivity index (χ0n) is 15.8. The molecule has 4 rings (SSSR count). The van der Waals surface area contributed by atoms with Crippen molar-refractivity contribution >= 4 is 46.9 Å². The largest absolute Gasteiger partial charge is 0.328 e. The number of imide groups is 3. The zero-order chi connectivity index (χ0) is 21.1. The molecule has 3 atom stereocenters. The molecule has 0 saturated carbocycles. The third kappa shape index (κ3) is 2.76. The van der Waals surface area contributed by atoms with Crippen LogP contribution in [0, 0.1) is 17.8 Å². The van der Waals surface area contributed by atoms with E-state index in [2.05, 4.69) is 10.6 Å². The van der Waals surface area contributed by atoms with Gasteiger partial charge in [0.25, 0.3) is 17.4 Å². The molecule has 10 heteroatoms. The lowest BCUT2D eigenvalue weighted by atomic mass is 9.77. The summed E-state index contributed by atoms with van der Waals surface area (Å²) in [6.45, 7) is 3.91. The molecule has 0 radical (unpaired) electrons. The number of hydrogen-bond donors (Lipinski definition) is 3. The number of quaternary nitrogens is 1. The van der Waals surface area contributed by atoms with E-state index in [4.69, 9.17) is 11.6 Å². The molecule has 3 heterocycles. The van der Waals surface area contributed by atoms with Crippen molar-refractivity contribution in [3.05, 3.63) is 29.3 Å². The molecule has 1 aromatic rings. The van der Waals surface area contributed by atoms with Crippen LogP contribution in [0.4, 0.5) is 10.5 Å². The molecule has 0 unspecified atom stereocenters. The summed E-state index contributed by atoms with van der Waals surface area (Å²) in [6.07, 6.45) is 0.519. The third-order valence-electron chi connectivity index (χ3n) is 5.81. The number of amides is 6. The van der Waals surface area contributed by atoms with Crippen LogP contribution in [0.2, 0.25) is 5.02 Å². The highest BCUT2D eigenvalue weighted by molar-refractivity contribution is 6.31. The molecule has 3 aliphatic rings. The second-order valence-corrected chi connectivity index (χ2v) is 8.49. The predicted octanol–water partition coefficient (Wildman–Crippen LogP) is -0.458. The Morgan fingerprint density at radius 3 is 2.17 bits per heavy atom. The van der Waals surface area contributed by atoms with Gasteiger partial charge in [-0.25, -0.2) is 9.69 Å². The highest BCUT2D eigenvalue weighted by Gasteiger charge is 2.76. The summed E-state index contributed by atoms with van der Waals surface area (Å²) >= 11 is 5.90. The molecular weight excluding hydrogens is 400 g/mol. The average molecular weight is 420 g/mol. The molecule has 4 N–H and O–H groups in total. The van der Waals surface area contributed by atoms with E-state index in [9.17, 15) is 24.0 Å². The number of barbiturate groups is 1. The molecular formula is C19H20ClN4O5+. The van der Waals surface area contributed by atoms with Crippen LogP contribution in [0.15, 0.2) is 24.3 Å². The fourth-order valence-electron chi connectivity index (χ4n) is 4.73. The molecule has 9 nitrogen and oxygen atoms in total. The first kappa shape index (κ1) is 19.5. The summed E-state index contributed by atoms with van der Waals surface area (Å²) in [5.41, 5.74) is -1.57. The minimum atomic E-state index is -1.90. The predicted molar refractivity (Wildman–Crippen MR) is 101 cm³/mol. The van der Waals surface area contributed by atoms with Crippen molar-refractivity contribution < 1.29 is 29.3 Å². The number of rotatable bonds is 3. The van der Waals surface area contributed by atoms with Gasteiger partial charge in [-0.3, -0.25) is 29.8 Å². The Kier molecular flexibility index (Phi) is 4.47. The second kappa shape index (κ2) is 6.64. The SMILES string of the molecule is CC(C)C[C@H]1[NH2+]C2(C(=O)NC(=O)NC2=O)[C@@H]2C(=O)N(c3ccc(Cl)cc3)C(=O)[C@@H]21. The van der Waals surface area contributed by atoms with Crippen LogP contribution < -0.4 is 20.9 Å². The number of nitrogens with one attached hydrogen (secondary N) is 2. The van der Waals surface area contributed by atoms with Crippen molar-refractivity contribution in [3.8, 4) is 0 Å². The van der Waals surface area contributed by atoms with E-state index >= 15 is 0 Å². The van der Waals surface area contributed by atoms with Crippen molar-refractivity contribution in [2.75, 3.05) is 4.90 Å². The zero-order valence-corrected chi connectivity index (χ0v) is 16.5. The third-order valence-corrected chi connectivity index (χ3v) is 6.07. The van der Waals surface area contributed by atoms with Gasteiger partial charge in [0.15, 0.2) is 0 Å². The van der Waals surface area contributed by atoms with E-state index in [0.717, 1.165) is 4.90 Å². The summed E-state index contributed by atoms with van der Waals surface area (Å²) in [5.74, 6) is -4.73. The molecule has 0 aromatic heterocycles. The summed E-state index contributed by atoms with van der Waals surface area (Å²) in [6, 6.07) is 4.79. The Bertz CT molecular complexity index is 924. The van der Waals surface area contributed by atoms with E-state index in [1.54, 1.807) is 12.1 Å². The first-order valence-electron chi connectivity index (χ1n) is 9.33. The van der Waals surface area contributed by atoms with Crippen molar-refractivity contribution in [2.24, 2.45) is 17.8 Å². The van der Waals surface area contributed by atoms with Crippen molar-refractivity contribution in [3.63, 3.8) is 0 Å². The molecule has 6 amide bonds. The summed E-state index contributed by atoms with van der Waals surface area (Å²) in [5, 5.41) is 6.11. The smallest absolute Gasteiger partial charge is 0.322 e.